The Kier molecular flexibility index (Phi) is 1.99. The highest BCUT2D eigenvalue weighted by Crippen LogP contribution is 2.36. The van der Waals surface area contributed by atoms with Gasteiger partial charge in [0.05, 0.1) is 0 Å². The molecule has 2 heteroatoms. The second-order valence-corrected chi connectivity index (χ2v) is 3.93. The molecule has 66 valence electrons. The van der Waals surface area contributed by atoms with Crippen LogP contribution in [-0.2, 0) is 9.59 Å². The second kappa shape index (κ2) is 3.00. The average Bonchev–Trinajstić information content (AvgIpc) is 2.12. The second-order valence-electron chi connectivity index (χ2n) is 3.93. The van der Waals surface area contributed by atoms with E-state index < -0.39 is 0 Å². The van der Waals surface area contributed by atoms with E-state index in [1.165, 1.54) is 0 Å². The van der Waals surface area contributed by atoms with Crippen molar-refractivity contribution in [3.05, 3.63) is 0 Å². The van der Waals surface area contributed by atoms with Crippen LogP contribution >= 0.6 is 0 Å². The van der Waals surface area contributed by atoms with Crippen molar-refractivity contribution in [2.75, 3.05) is 0 Å². The zero-order chi connectivity index (χ0) is 8.55. The van der Waals surface area contributed by atoms with Crippen LogP contribution in [0, 0.1) is 11.8 Å². The minimum absolute atomic E-state index is 0.111. The Bertz CT molecular complexity index is 196. The molecule has 2 saturated carbocycles. The van der Waals surface area contributed by atoms with Crippen LogP contribution < -0.4 is 0 Å². The van der Waals surface area contributed by atoms with E-state index in [0.717, 1.165) is 25.7 Å². The summed E-state index contributed by atoms with van der Waals surface area (Å²) in [6, 6.07) is 0. The van der Waals surface area contributed by atoms with Gasteiger partial charge in [0.2, 0.25) is 0 Å². The Hall–Kier alpha value is -0.660. The number of fused-ring (bicyclic) bond motifs is 1. The van der Waals surface area contributed by atoms with Crippen LogP contribution in [-0.4, -0.2) is 11.6 Å². The van der Waals surface area contributed by atoms with Crippen LogP contribution in [0.15, 0.2) is 0 Å². The number of rotatable bonds is 0. The molecule has 0 aliphatic heterocycles. The molecule has 2 aliphatic carbocycles. The van der Waals surface area contributed by atoms with Gasteiger partial charge in [0.1, 0.15) is 11.6 Å². The Balaban J connectivity index is 2.16. The summed E-state index contributed by atoms with van der Waals surface area (Å²) in [4.78, 5) is 22.8. The third-order valence-electron chi connectivity index (χ3n) is 3.21. The lowest BCUT2D eigenvalue weighted by Gasteiger charge is -2.32. The molecule has 0 aromatic carbocycles. The third kappa shape index (κ3) is 1.19. The van der Waals surface area contributed by atoms with E-state index in [1.54, 1.807) is 0 Å². The molecule has 0 spiro atoms. The molecule has 0 radical (unpaired) electrons. The molecule has 12 heavy (non-hydrogen) atoms. The van der Waals surface area contributed by atoms with Crippen molar-refractivity contribution in [2.24, 2.45) is 11.8 Å². The zero-order valence-corrected chi connectivity index (χ0v) is 7.21. The SMILES string of the molecule is O=C1CCC(=O)[C@H]2CCCC[C@H]12. The van der Waals surface area contributed by atoms with E-state index in [1.807, 2.05) is 0 Å². The van der Waals surface area contributed by atoms with Crippen molar-refractivity contribution in [2.45, 2.75) is 38.5 Å². The third-order valence-corrected chi connectivity index (χ3v) is 3.21. The van der Waals surface area contributed by atoms with Gasteiger partial charge in [-0.15, -0.1) is 0 Å². The van der Waals surface area contributed by atoms with Crippen LogP contribution in [0.2, 0.25) is 0 Å². The van der Waals surface area contributed by atoms with Crippen molar-refractivity contribution in [3.63, 3.8) is 0 Å². The first kappa shape index (κ1) is 7.96. The number of ketones is 2. The molecule has 2 atom stereocenters. The first-order valence-electron chi connectivity index (χ1n) is 4.84. The predicted octanol–water partition coefficient (Wildman–Crippen LogP) is 1.72. The van der Waals surface area contributed by atoms with Gasteiger partial charge < -0.3 is 0 Å². The van der Waals surface area contributed by atoms with E-state index in [0.29, 0.717) is 24.4 Å². The molecule has 0 N–H and O–H groups in total. The van der Waals surface area contributed by atoms with Crippen LogP contribution in [0.4, 0.5) is 0 Å². The fraction of sp³-hybridized carbons (Fsp3) is 0.800. The smallest absolute Gasteiger partial charge is 0.137 e. The van der Waals surface area contributed by atoms with Crippen LogP contribution in [0.1, 0.15) is 38.5 Å². The predicted molar refractivity (Wildman–Crippen MR) is 44.7 cm³/mol. The molecular formula is C10H14O2. The number of hydrogen-bond acceptors (Lipinski definition) is 2. The summed E-state index contributed by atoms with van der Waals surface area (Å²) in [6.45, 7) is 0. The van der Waals surface area contributed by atoms with Crippen molar-refractivity contribution in [1.29, 1.82) is 0 Å². The summed E-state index contributed by atoms with van der Waals surface area (Å²) in [7, 11) is 0. The van der Waals surface area contributed by atoms with E-state index in [-0.39, 0.29) is 11.8 Å². The van der Waals surface area contributed by atoms with Gasteiger partial charge in [-0.2, -0.15) is 0 Å². The molecular weight excluding hydrogens is 152 g/mol. The molecule has 0 bridgehead atoms. The quantitative estimate of drug-likeness (QED) is 0.549. The Morgan fingerprint density at radius 1 is 0.833 bits per heavy atom. The Labute approximate surface area is 72.3 Å². The lowest BCUT2D eigenvalue weighted by Crippen LogP contribution is -2.37. The van der Waals surface area contributed by atoms with Gasteiger partial charge in [-0.25, -0.2) is 0 Å². The van der Waals surface area contributed by atoms with Gasteiger partial charge in [-0.1, -0.05) is 12.8 Å². The molecule has 0 heterocycles. The number of Topliss-reactive ketones (excluding diaryl/α,β-unsaturated/α-hetero) is 2. The average molecular weight is 166 g/mol. The van der Waals surface area contributed by atoms with Crippen molar-refractivity contribution in [1.82, 2.24) is 0 Å². The Morgan fingerprint density at radius 3 is 1.67 bits per heavy atom. The zero-order valence-electron chi connectivity index (χ0n) is 7.21. The molecule has 2 fully saturated rings. The van der Waals surface area contributed by atoms with Crippen LogP contribution in [0.3, 0.4) is 0 Å². The molecule has 0 saturated heterocycles. The molecule has 2 aliphatic rings. The molecule has 0 amide bonds. The van der Waals surface area contributed by atoms with Gasteiger partial charge in [0.15, 0.2) is 0 Å². The highest BCUT2D eigenvalue weighted by molar-refractivity contribution is 5.96. The normalized spacial score (nSPS) is 36.3. The van der Waals surface area contributed by atoms with Crippen molar-refractivity contribution >= 4 is 11.6 Å². The summed E-state index contributed by atoms with van der Waals surface area (Å²) in [6.07, 6.45) is 5.24. The number of hydrogen-bond donors (Lipinski definition) is 0. The van der Waals surface area contributed by atoms with Gasteiger partial charge in [0.25, 0.3) is 0 Å². The maximum Gasteiger partial charge on any atom is 0.137 e. The number of carbonyl (C=O) groups excluding carboxylic acids is 2. The lowest BCUT2D eigenvalue weighted by molar-refractivity contribution is -0.139. The van der Waals surface area contributed by atoms with E-state index in [9.17, 15) is 9.59 Å². The highest BCUT2D eigenvalue weighted by Gasteiger charge is 2.38. The fourth-order valence-corrected chi connectivity index (χ4v) is 2.52. The standard InChI is InChI=1S/C10H14O2/c11-9-5-6-10(12)8-4-2-1-3-7(8)9/h7-8H,1-6H2/t7-,8-/m0/s1. The molecule has 0 aromatic rings. The first-order valence-corrected chi connectivity index (χ1v) is 4.84. The summed E-state index contributed by atoms with van der Waals surface area (Å²) in [5, 5.41) is 0. The Morgan fingerprint density at radius 2 is 1.25 bits per heavy atom. The van der Waals surface area contributed by atoms with E-state index in [4.69, 9.17) is 0 Å². The van der Waals surface area contributed by atoms with Crippen LogP contribution in [0.25, 0.3) is 0 Å². The number of carbonyl (C=O) groups is 2. The largest absolute Gasteiger partial charge is 0.299 e. The van der Waals surface area contributed by atoms with Crippen LogP contribution in [0.5, 0.6) is 0 Å². The summed E-state index contributed by atoms with van der Waals surface area (Å²) in [5.41, 5.74) is 0. The van der Waals surface area contributed by atoms with Gasteiger partial charge >= 0.3 is 0 Å². The van der Waals surface area contributed by atoms with Crippen molar-refractivity contribution in [3.8, 4) is 0 Å². The summed E-state index contributed by atoms with van der Waals surface area (Å²) in [5.74, 6) is 0.915. The minimum atomic E-state index is 0.111. The first-order chi connectivity index (χ1) is 5.79. The van der Waals surface area contributed by atoms with Gasteiger partial charge in [-0.3, -0.25) is 9.59 Å². The molecule has 0 aromatic heterocycles. The van der Waals surface area contributed by atoms with Gasteiger partial charge in [0, 0.05) is 24.7 Å². The molecule has 2 rings (SSSR count). The minimum Gasteiger partial charge on any atom is -0.299 e. The molecule has 0 unspecified atom stereocenters. The lowest BCUT2D eigenvalue weighted by atomic mass is 9.69. The maximum atomic E-state index is 11.4. The highest BCUT2D eigenvalue weighted by atomic mass is 16.1. The molecule has 2 nitrogen and oxygen atoms in total. The van der Waals surface area contributed by atoms with Crippen molar-refractivity contribution < 1.29 is 9.59 Å². The fourth-order valence-electron chi connectivity index (χ4n) is 2.52. The topological polar surface area (TPSA) is 34.1 Å². The van der Waals surface area contributed by atoms with E-state index >= 15 is 0 Å². The maximum absolute atomic E-state index is 11.4. The summed E-state index contributed by atoms with van der Waals surface area (Å²) < 4.78 is 0. The summed E-state index contributed by atoms with van der Waals surface area (Å²) >= 11 is 0. The van der Waals surface area contributed by atoms with Gasteiger partial charge in [-0.05, 0) is 12.8 Å². The van der Waals surface area contributed by atoms with E-state index in [2.05, 4.69) is 0 Å². The monoisotopic (exact) mass is 166 g/mol.